The number of amides is 1. The molecule has 2 aromatic rings. The highest BCUT2D eigenvalue weighted by Crippen LogP contribution is 2.24. The number of hydrogen-bond acceptors (Lipinski definition) is 5. The molecule has 0 aromatic heterocycles. The van der Waals surface area contributed by atoms with Crippen molar-refractivity contribution >= 4 is 27.6 Å². The van der Waals surface area contributed by atoms with Crippen LogP contribution in [0, 0.1) is 17.5 Å². The maximum absolute atomic E-state index is 14.2. The van der Waals surface area contributed by atoms with Crippen molar-refractivity contribution in [1.29, 1.82) is 0 Å². The number of sulfonamides is 1. The van der Waals surface area contributed by atoms with E-state index >= 15 is 0 Å². The van der Waals surface area contributed by atoms with Crippen LogP contribution in [0.1, 0.15) is 29.6 Å². The van der Waals surface area contributed by atoms with E-state index in [9.17, 15) is 31.2 Å². The molecule has 1 fully saturated rings. The fraction of sp³-hybridized carbons (Fsp3) is 0.300. The number of nitrogens with one attached hydrogen (secondary N) is 1. The fourth-order valence-corrected chi connectivity index (χ4v) is 4.67. The van der Waals surface area contributed by atoms with Gasteiger partial charge in [-0.2, -0.15) is 4.31 Å². The Kier molecular flexibility index (Phi) is 6.96. The van der Waals surface area contributed by atoms with E-state index in [1.165, 1.54) is 0 Å². The first-order valence-electron chi connectivity index (χ1n) is 9.40. The number of carbonyl (C=O) groups excluding carboxylic acids is 2. The number of esters is 1. The number of anilines is 1. The summed E-state index contributed by atoms with van der Waals surface area (Å²) < 4.78 is 72.3. The summed E-state index contributed by atoms with van der Waals surface area (Å²) in [6.45, 7) is -0.332. The Morgan fingerprint density at radius 2 is 1.65 bits per heavy atom. The average molecular weight is 456 g/mol. The van der Waals surface area contributed by atoms with Crippen LogP contribution in [0.4, 0.5) is 18.9 Å². The first kappa shape index (κ1) is 22.8. The molecule has 0 aliphatic carbocycles. The number of halogens is 3. The van der Waals surface area contributed by atoms with Crippen LogP contribution in [0.3, 0.4) is 0 Å². The second-order valence-corrected chi connectivity index (χ2v) is 8.76. The maximum atomic E-state index is 14.2. The number of piperidine rings is 1. The smallest absolute Gasteiger partial charge is 0.338 e. The van der Waals surface area contributed by atoms with Gasteiger partial charge in [-0.05, 0) is 43.2 Å². The summed E-state index contributed by atoms with van der Waals surface area (Å²) in [4.78, 5) is 23.4. The highest BCUT2D eigenvalue weighted by atomic mass is 32.2. The van der Waals surface area contributed by atoms with Gasteiger partial charge in [0.25, 0.3) is 5.91 Å². The van der Waals surface area contributed by atoms with Gasteiger partial charge >= 0.3 is 5.97 Å². The van der Waals surface area contributed by atoms with E-state index in [0.717, 1.165) is 47.1 Å². The number of carbonyl (C=O) groups is 2. The fourth-order valence-electron chi connectivity index (χ4n) is 3.07. The van der Waals surface area contributed by atoms with E-state index in [2.05, 4.69) is 5.32 Å². The van der Waals surface area contributed by atoms with Crippen LogP contribution in [-0.4, -0.2) is 44.3 Å². The highest BCUT2D eigenvalue weighted by molar-refractivity contribution is 7.89. The van der Waals surface area contributed by atoms with Crippen LogP contribution in [0.2, 0.25) is 0 Å². The zero-order chi connectivity index (χ0) is 22.6. The summed E-state index contributed by atoms with van der Waals surface area (Å²) in [5.41, 5.74) is -0.709. The normalized spacial score (nSPS) is 14.8. The minimum absolute atomic E-state index is 0.257. The third kappa shape index (κ3) is 5.42. The third-order valence-corrected chi connectivity index (χ3v) is 6.55. The van der Waals surface area contributed by atoms with E-state index in [-0.39, 0.29) is 18.7 Å². The lowest BCUT2D eigenvalue weighted by Gasteiger charge is -2.26. The van der Waals surface area contributed by atoms with Crippen LogP contribution in [0.5, 0.6) is 0 Å². The predicted octanol–water partition coefficient (Wildman–Crippen LogP) is 3.07. The van der Waals surface area contributed by atoms with Crippen molar-refractivity contribution in [2.45, 2.75) is 24.2 Å². The van der Waals surface area contributed by atoms with Crippen LogP contribution >= 0.6 is 0 Å². The zero-order valence-corrected chi connectivity index (χ0v) is 17.1. The third-order valence-electron chi connectivity index (χ3n) is 4.64. The topological polar surface area (TPSA) is 92.8 Å². The molecule has 166 valence electrons. The van der Waals surface area contributed by atoms with Crippen LogP contribution in [0.15, 0.2) is 41.3 Å². The highest BCUT2D eigenvalue weighted by Gasteiger charge is 2.29. The molecule has 0 radical (unpaired) electrons. The standard InChI is InChI=1S/C20H19F3N2O5S/c21-14-5-7-15(22)17(11-14)24-19(26)12-30-20(27)13-4-6-16(23)18(10-13)31(28,29)25-8-2-1-3-9-25/h4-7,10-11H,1-3,8-9,12H2,(H,24,26). The zero-order valence-electron chi connectivity index (χ0n) is 16.2. The van der Waals surface area contributed by atoms with Gasteiger partial charge in [0.15, 0.2) is 6.61 Å². The van der Waals surface area contributed by atoms with Crippen molar-refractivity contribution in [1.82, 2.24) is 4.31 Å². The van der Waals surface area contributed by atoms with Crippen molar-refractivity contribution in [2.75, 3.05) is 25.0 Å². The van der Waals surface area contributed by atoms with Crippen molar-refractivity contribution in [3.05, 3.63) is 59.4 Å². The van der Waals surface area contributed by atoms with E-state index < -0.39 is 56.5 Å². The van der Waals surface area contributed by atoms with Gasteiger partial charge in [-0.1, -0.05) is 6.42 Å². The molecule has 0 spiro atoms. The first-order valence-corrected chi connectivity index (χ1v) is 10.8. The molecule has 0 atom stereocenters. The number of nitrogens with zero attached hydrogens (tertiary/aromatic N) is 1. The number of hydrogen-bond donors (Lipinski definition) is 1. The lowest BCUT2D eigenvalue weighted by atomic mass is 10.2. The summed E-state index contributed by atoms with van der Waals surface area (Å²) in [6.07, 6.45) is 2.19. The Hall–Kier alpha value is -2.92. The average Bonchev–Trinajstić information content (AvgIpc) is 2.75. The first-order chi connectivity index (χ1) is 14.7. The van der Waals surface area contributed by atoms with Gasteiger partial charge in [-0.3, -0.25) is 4.79 Å². The quantitative estimate of drug-likeness (QED) is 0.675. The number of benzene rings is 2. The lowest BCUT2D eigenvalue weighted by molar-refractivity contribution is -0.119. The summed E-state index contributed by atoms with van der Waals surface area (Å²) in [7, 11) is -4.14. The van der Waals surface area contributed by atoms with Crippen molar-refractivity contribution in [3.8, 4) is 0 Å². The maximum Gasteiger partial charge on any atom is 0.338 e. The molecular weight excluding hydrogens is 437 g/mol. The molecule has 11 heteroatoms. The van der Waals surface area contributed by atoms with E-state index in [1.54, 1.807) is 0 Å². The second kappa shape index (κ2) is 9.48. The molecule has 1 aliphatic heterocycles. The molecule has 0 bridgehead atoms. The van der Waals surface area contributed by atoms with E-state index in [0.29, 0.717) is 12.8 Å². The van der Waals surface area contributed by atoms with Gasteiger partial charge in [-0.15, -0.1) is 0 Å². The molecule has 1 N–H and O–H groups in total. The van der Waals surface area contributed by atoms with Gasteiger partial charge in [0, 0.05) is 19.2 Å². The molecule has 1 saturated heterocycles. The minimum Gasteiger partial charge on any atom is -0.452 e. The van der Waals surface area contributed by atoms with Gasteiger partial charge in [-0.25, -0.2) is 26.4 Å². The Labute approximate surface area is 176 Å². The van der Waals surface area contributed by atoms with Gasteiger partial charge in [0.05, 0.1) is 11.3 Å². The van der Waals surface area contributed by atoms with Crippen molar-refractivity contribution < 1.29 is 35.9 Å². The Balaban J connectivity index is 1.68. The van der Waals surface area contributed by atoms with Gasteiger partial charge in [0.2, 0.25) is 10.0 Å². The summed E-state index contributed by atoms with van der Waals surface area (Å²) in [6, 6.07) is 5.15. The predicted molar refractivity (Wildman–Crippen MR) is 104 cm³/mol. The molecular formula is C20H19F3N2O5S. The summed E-state index contributed by atoms with van der Waals surface area (Å²) >= 11 is 0. The minimum atomic E-state index is -4.14. The van der Waals surface area contributed by atoms with Crippen LogP contribution in [0.25, 0.3) is 0 Å². The second-order valence-electron chi connectivity index (χ2n) is 6.86. The van der Waals surface area contributed by atoms with Gasteiger partial charge < -0.3 is 10.1 Å². The molecule has 0 unspecified atom stereocenters. The molecule has 1 aliphatic rings. The molecule has 1 heterocycles. The summed E-state index contributed by atoms with van der Waals surface area (Å²) in [5.74, 6) is -4.69. The molecule has 0 saturated carbocycles. The Morgan fingerprint density at radius 3 is 2.35 bits per heavy atom. The molecule has 1 amide bonds. The van der Waals surface area contributed by atoms with Crippen LogP contribution in [-0.2, 0) is 19.6 Å². The molecule has 3 rings (SSSR count). The van der Waals surface area contributed by atoms with Crippen molar-refractivity contribution in [3.63, 3.8) is 0 Å². The molecule has 2 aromatic carbocycles. The molecule has 7 nitrogen and oxygen atoms in total. The number of rotatable bonds is 6. The SMILES string of the molecule is O=C(COC(=O)c1ccc(F)c(S(=O)(=O)N2CCCCC2)c1)Nc1cc(F)ccc1F. The Morgan fingerprint density at radius 1 is 0.968 bits per heavy atom. The lowest BCUT2D eigenvalue weighted by Crippen LogP contribution is -2.36. The van der Waals surface area contributed by atoms with Gasteiger partial charge in [0.1, 0.15) is 22.3 Å². The Bertz CT molecular complexity index is 1100. The monoisotopic (exact) mass is 456 g/mol. The van der Waals surface area contributed by atoms with E-state index in [1.807, 2.05) is 0 Å². The van der Waals surface area contributed by atoms with Crippen molar-refractivity contribution in [2.24, 2.45) is 0 Å². The molecule has 31 heavy (non-hydrogen) atoms. The largest absolute Gasteiger partial charge is 0.452 e. The van der Waals surface area contributed by atoms with Crippen LogP contribution < -0.4 is 5.32 Å². The van der Waals surface area contributed by atoms with E-state index in [4.69, 9.17) is 4.74 Å². The number of ether oxygens (including phenoxy) is 1. The summed E-state index contributed by atoms with van der Waals surface area (Å²) in [5, 5.41) is 2.05.